The van der Waals surface area contributed by atoms with Crippen molar-refractivity contribution in [1.29, 1.82) is 0 Å². The number of carbonyl (C=O) groups is 1. The Balaban J connectivity index is 1.40. The van der Waals surface area contributed by atoms with Crippen molar-refractivity contribution in [3.63, 3.8) is 0 Å². The molecule has 4 heteroatoms. The number of nitrogens with zero attached hydrogens (tertiary/aromatic N) is 2. The molecule has 23 heavy (non-hydrogen) atoms. The molecule has 1 saturated carbocycles. The molecule has 1 atom stereocenters. The minimum atomic E-state index is 0.335. The van der Waals surface area contributed by atoms with Crippen molar-refractivity contribution in [2.45, 2.75) is 70.4 Å². The molecule has 132 valence electrons. The number of carbonyl (C=O) groups excluding carboxylic acids is 1. The lowest BCUT2D eigenvalue weighted by molar-refractivity contribution is -0.134. The number of likely N-dealkylation sites (N-methyl/N-ethyl adjacent to an activating group) is 1. The van der Waals surface area contributed by atoms with Crippen LogP contribution < -0.4 is 5.32 Å². The molecule has 2 saturated heterocycles. The van der Waals surface area contributed by atoms with Crippen LogP contribution in [0.2, 0.25) is 0 Å². The second kappa shape index (κ2) is 7.98. The fraction of sp³-hybridized carbons (Fsp3) is 0.947. The van der Waals surface area contributed by atoms with E-state index >= 15 is 0 Å². The number of hydrogen-bond donors (Lipinski definition) is 1. The highest BCUT2D eigenvalue weighted by molar-refractivity contribution is 5.78. The first-order valence-corrected chi connectivity index (χ1v) is 9.85. The van der Waals surface area contributed by atoms with Crippen molar-refractivity contribution in [3.8, 4) is 0 Å². The molecule has 4 nitrogen and oxygen atoms in total. The largest absolute Gasteiger partial charge is 0.342 e. The lowest BCUT2D eigenvalue weighted by atomic mass is 9.86. The predicted molar refractivity (Wildman–Crippen MR) is 94.4 cm³/mol. The molecule has 3 rings (SSSR count). The summed E-state index contributed by atoms with van der Waals surface area (Å²) in [5, 5.41) is 3.65. The van der Waals surface area contributed by atoms with Crippen molar-refractivity contribution in [2.24, 2.45) is 11.8 Å². The Labute approximate surface area is 142 Å². The predicted octanol–water partition coefficient (Wildman–Crippen LogP) is 2.49. The van der Waals surface area contributed by atoms with E-state index in [9.17, 15) is 4.79 Å². The lowest BCUT2D eigenvalue weighted by Crippen LogP contribution is -2.47. The molecule has 3 fully saturated rings. The second-order valence-corrected chi connectivity index (χ2v) is 8.23. The number of likely N-dealkylation sites (tertiary alicyclic amines) is 1. The van der Waals surface area contributed by atoms with Gasteiger partial charge in [-0.25, -0.2) is 0 Å². The zero-order valence-electron chi connectivity index (χ0n) is 15.1. The van der Waals surface area contributed by atoms with Crippen LogP contribution in [0.4, 0.5) is 0 Å². The van der Waals surface area contributed by atoms with Gasteiger partial charge in [0.05, 0.1) is 6.54 Å². The standard InChI is InChI=1S/C19H35N3O/c1-15-5-7-17(8-6-15)21(2)19(23)14-22-12-9-16(10-13-22)18-4-3-11-20-18/h15-18,20H,3-14H2,1-2H3. The van der Waals surface area contributed by atoms with E-state index in [1.54, 1.807) is 0 Å². The molecule has 1 aliphatic carbocycles. The first-order chi connectivity index (χ1) is 11.1. The van der Waals surface area contributed by atoms with Crippen molar-refractivity contribution >= 4 is 5.91 Å². The van der Waals surface area contributed by atoms with E-state index in [-0.39, 0.29) is 0 Å². The third kappa shape index (κ3) is 4.48. The summed E-state index contributed by atoms with van der Waals surface area (Å²) >= 11 is 0. The van der Waals surface area contributed by atoms with Crippen LogP contribution in [0.5, 0.6) is 0 Å². The summed E-state index contributed by atoms with van der Waals surface area (Å²) < 4.78 is 0. The van der Waals surface area contributed by atoms with Crippen LogP contribution in [0.1, 0.15) is 58.3 Å². The van der Waals surface area contributed by atoms with Crippen LogP contribution in [-0.2, 0) is 4.79 Å². The van der Waals surface area contributed by atoms with E-state index in [4.69, 9.17) is 0 Å². The van der Waals surface area contributed by atoms with Gasteiger partial charge < -0.3 is 10.2 Å². The van der Waals surface area contributed by atoms with E-state index in [2.05, 4.69) is 22.0 Å². The number of hydrogen-bond acceptors (Lipinski definition) is 3. The normalized spacial score (nSPS) is 33.7. The SMILES string of the molecule is CC1CCC(N(C)C(=O)CN2CCC(C3CCCN3)CC2)CC1. The third-order valence-corrected chi connectivity index (χ3v) is 6.59. The average molecular weight is 322 g/mol. The van der Waals surface area contributed by atoms with Gasteiger partial charge in [0.1, 0.15) is 0 Å². The fourth-order valence-electron chi connectivity index (χ4n) is 4.76. The smallest absolute Gasteiger partial charge is 0.236 e. The fourth-order valence-corrected chi connectivity index (χ4v) is 4.76. The first-order valence-electron chi connectivity index (χ1n) is 9.85. The Kier molecular flexibility index (Phi) is 5.97. The van der Waals surface area contributed by atoms with Crippen LogP contribution in [0.15, 0.2) is 0 Å². The quantitative estimate of drug-likeness (QED) is 0.864. The van der Waals surface area contributed by atoms with E-state index in [0.29, 0.717) is 18.5 Å². The molecule has 0 bridgehead atoms. The van der Waals surface area contributed by atoms with Crippen LogP contribution in [0, 0.1) is 11.8 Å². The summed E-state index contributed by atoms with van der Waals surface area (Å²) in [6.07, 6.45) is 10.2. The highest BCUT2D eigenvalue weighted by atomic mass is 16.2. The molecular weight excluding hydrogens is 286 g/mol. The van der Waals surface area contributed by atoms with Crippen molar-refractivity contribution in [1.82, 2.24) is 15.1 Å². The molecule has 0 radical (unpaired) electrons. The Morgan fingerprint density at radius 3 is 2.39 bits per heavy atom. The monoisotopic (exact) mass is 321 g/mol. The van der Waals surface area contributed by atoms with Gasteiger partial charge in [0, 0.05) is 19.1 Å². The topological polar surface area (TPSA) is 35.6 Å². The number of piperidine rings is 1. The van der Waals surface area contributed by atoms with Gasteiger partial charge in [-0.05, 0) is 82.8 Å². The van der Waals surface area contributed by atoms with Crippen LogP contribution >= 0.6 is 0 Å². The van der Waals surface area contributed by atoms with Gasteiger partial charge >= 0.3 is 0 Å². The highest BCUT2D eigenvalue weighted by Gasteiger charge is 2.30. The number of rotatable bonds is 4. The van der Waals surface area contributed by atoms with E-state index in [0.717, 1.165) is 31.0 Å². The van der Waals surface area contributed by atoms with Gasteiger partial charge in [-0.3, -0.25) is 9.69 Å². The second-order valence-electron chi connectivity index (χ2n) is 8.23. The molecule has 1 amide bonds. The molecule has 0 aromatic carbocycles. The van der Waals surface area contributed by atoms with Crippen molar-refractivity contribution in [2.75, 3.05) is 33.2 Å². The third-order valence-electron chi connectivity index (χ3n) is 6.59. The Morgan fingerprint density at radius 1 is 1.09 bits per heavy atom. The van der Waals surface area contributed by atoms with Crippen LogP contribution in [0.25, 0.3) is 0 Å². The molecule has 3 aliphatic rings. The highest BCUT2D eigenvalue weighted by Crippen LogP contribution is 2.28. The van der Waals surface area contributed by atoms with Gasteiger partial charge in [-0.1, -0.05) is 6.92 Å². The maximum atomic E-state index is 12.6. The molecule has 0 aromatic heterocycles. The zero-order chi connectivity index (χ0) is 16.2. The Morgan fingerprint density at radius 2 is 1.78 bits per heavy atom. The van der Waals surface area contributed by atoms with Gasteiger partial charge in [0.25, 0.3) is 0 Å². The van der Waals surface area contributed by atoms with Crippen molar-refractivity contribution < 1.29 is 4.79 Å². The van der Waals surface area contributed by atoms with E-state index in [1.165, 1.54) is 57.9 Å². The maximum absolute atomic E-state index is 12.6. The zero-order valence-corrected chi connectivity index (χ0v) is 15.1. The molecule has 2 heterocycles. The summed E-state index contributed by atoms with van der Waals surface area (Å²) in [7, 11) is 2.03. The molecule has 1 N–H and O–H groups in total. The number of amides is 1. The summed E-state index contributed by atoms with van der Waals surface area (Å²) in [5.41, 5.74) is 0. The number of nitrogens with one attached hydrogen (secondary N) is 1. The summed E-state index contributed by atoms with van der Waals surface area (Å²) in [6, 6.07) is 1.23. The molecule has 0 spiro atoms. The van der Waals surface area contributed by atoms with Gasteiger partial charge in [-0.2, -0.15) is 0 Å². The lowest BCUT2D eigenvalue weighted by Gasteiger charge is -2.37. The summed E-state index contributed by atoms with van der Waals surface area (Å²) in [4.78, 5) is 17.0. The summed E-state index contributed by atoms with van der Waals surface area (Å²) in [6.45, 7) is 6.37. The summed E-state index contributed by atoms with van der Waals surface area (Å²) in [5.74, 6) is 2.02. The molecule has 1 unspecified atom stereocenters. The molecule has 2 aliphatic heterocycles. The van der Waals surface area contributed by atoms with E-state index < -0.39 is 0 Å². The average Bonchev–Trinajstić information content (AvgIpc) is 3.10. The van der Waals surface area contributed by atoms with E-state index in [1.807, 2.05) is 7.05 Å². The van der Waals surface area contributed by atoms with Gasteiger partial charge in [0.15, 0.2) is 0 Å². The van der Waals surface area contributed by atoms with Crippen LogP contribution in [0.3, 0.4) is 0 Å². The van der Waals surface area contributed by atoms with Crippen molar-refractivity contribution in [3.05, 3.63) is 0 Å². The molecular formula is C19H35N3O. The Bertz CT molecular complexity index is 378. The molecule has 0 aromatic rings. The minimum Gasteiger partial charge on any atom is -0.342 e. The van der Waals surface area contributed by atoms with Gasteiger partial charge in [0.2, 0.25) is 5.91 Å². The Hall–Kier alpha value is -0.610. The van der Waals surface area contributed by atoms with Crippen LogP contribution in [-0.4, -0.2) is 61.0 Å². The first kappa shape index (κ1) is 17.2. The minimum absolute atomic E-state index is 0.335. The van der Waals surface area contributed by atoms with Gasteiger partial charge in [-0.15, -0.1) is 0 Å². The maximum Gasteiger partial charge on any atom is 0.236 e.